The predicted octanol–water partition coefficient (Wildman–Crippen LogP) is 8.74. The molecule has 3 atom stereocenters. The molecule has 0 aliphatic heterocycles. The quantitative estimate of drug-likeness (QED) is 0.133. The molecule has 0 fully saturated rings. The van der Waals surface area contributed by atoms with Gasteiger partial charge in [-0.2, -0.15) is 0 Å². The minimum Gasteiger partial charge on any atom is -0.491 e. The summed E-state index contributed by atoms with van der Waals surface area (Å²) in [6.07, 6.45) is 4.48. The highest BCUT2D eigenvalue weighted by Gasteiger charge is 2.24. The average molecular weight is 625 g/mol. The van der Waals surface area contributed by atoms with Crippen LogP contribution >= 0.6 is 0 Å². The molecule has 0 aromatic heterocycles. The van der Waals surface area contributed by atoms with E-state index in [1.807, 2.05) is 30.3 Å². The van der Waals surface area contributed by atoms with E-state index in [4.69, 9.17) is 14.2 Å². The van der Waals surface area contributed by atoms with Crippen LogP contribution in [0.3, 0.4) is 0 Å². The third-order valence-electron chi connectivity index (χ3n) is 8.86. The molecule has 3 unspecified atom stereocenters. The van der Waals surface area contributed by atoms with Crippen molar-refractivity contribution in [3.63, 3.8) is 0 Å². The van der Waals surface area contributed by atoms with Crippen molar-refractivity contribution in [3.8, 4) is 5.75 Å². The molecule has 0 bridgehead atoms. The van der Waals surface area contributed by atoms with Crippen LogP contribution in [0.25, 0.3) is 12.2 Å². The Bertz CT molecular complexity index is 1810. The second-order valence-electron chi connectivity index (χ2n) is 12.0. The summed E-state index contributed by atoms with van der Waals surface area (Å²) in [5, 5.41) is 9.27. The summed E-state index contributed by atoms with van der Waals surface area (Å²) in [6.45, 7) is 3.02. The Morgan fingerprint density at radius 1 is 0.702 bits per heavy atom. The van der Waals surface area contributed by atoms with Gasteiger partial charge in [0.15, 0.2) is 6.10 Å². The lowest BCUT2D eigenvalue weighted by molar-refractivity contribution is -0.148. The second kappa shape index (κ2) is 15.1. The molecule has 6 rings (SSSR count). The molecule has 5 nitrogen and oxygen atoms in total. The maximum absolute atomic E-state index is 11.3. The Balaban J connectivity index is 1.21. The van der Waals surface area contributed by atoms with Crippen LogP contribution in [0, 0.1) is 0 Å². The van der Waals surface area contributed by atoms with Crippen LogP contribution in [-0.4, -0.2) is 37.5 Å². The number of carboxylic acid groups (broad SMARTS) is 1. The highest BCUT2D eigenvalue weighted by atomic mass is 16.5. The van der Waals surface area contributed by atoms with Crippen molar-refractivity contribution in [2.24, 2.45) is 0 Å². The van der Waals surface area contributed by atoms with E-state index in [9.17, 15) is 9.90 Å². The largest absolute Gasteiger partial charge is 0.491 e. The van der Waals surface area contributed by atoms with Crippen molar-refractivity contribution in [2.75, 3.05) is 20.3 Å². The molecule has 5 aromatic rings. The van der Waals surface area contributed by atoms with E-state index in [-0.39, 0.29) is 12.0 Å². The van der Waals surface area contributed by atoms with Crippen molar-refractivity contribution in [3.05, 3.63) is 171 Å². The van der Waals surface area contributed by atoms with Gasteiger partial charge in [-0.3, -0.25) is 0 Å². The third-order valence-corrected chi connectivity index (χ3v) is 8.86. The fourth-order valence-corrected chi connectivity index (χ4v) is 6.19. The first-order valence-corrected chi connectivity index (χ1v) is 16.1. The normalized spacial score (nSPS) is 14.8. The lowest BCUT2D eigenvalue weighted by Gasteiger charge is -2.23. The summed E-state index contributed by atoms with van der Waals surface area (Å²) in [5.41, 5.74) is 10.5. The number of carboxylic acids is 1. The van der Waals surface area contributed by atoms with Crippen LogP contribution in [-0.2, 0) is 27.1 Å². The SMILES string of the molecule is COC(Cc1ccc(OCCOC2c3ccc(Cc4ccccc4)cc3C=Cc3cc(C(C)c4ccccc4)ccc32)cc1)C(=O)O. The molecule has 238 valence electrons. The zero-order valence-electron chi connectivity index (χ0n) is 26.8. The zero-order valence-corrected chi connectivity index (χ0v) is 26.8. The predicted molar refractivity (Wildman–Crippen MR) is 187 cm³/mol. The maximum atomic E-state index is 11.3. The van der Waals surface area contributed by atoms with Gasteiger partial charge < -0.3 is 19.3 Å². The molecule has 0 heterocycles. The number of methoxy groups -OCH3 is 1. The fraction of sp³-hybridized carbons (Fsp3) is 0.214. The van der Waals surface area contributed by atoms with Crippen LogP contribution in [0.1, 0.15) is 69.0 Å². The highest BCUT2D eigenvalue weighted by molar-refractivity contribution is 5.77. The smallest absolute Gasteiger partial charge is 0.333 e. The van der Waals surface area contributed by atoms with Crippen molar-refractivity contribution < 1.29 is 24.1 Å². The minimum atomic E-state index is -0.976. The molecule has 5 aromatic carbocycles. The zero-order chi connectivity index (χ0) is 32.6. The summed E-state index contributed by atoms with van der Waals surface area (Å²) in [7, 11) is 1.41. The van der Waals surface area contributed by atoms with Crippen LogP contribution in [0.2, 0.25) is 0 Å². The van der Waals surface area contributed by atoms with E-state index in [2.05, 4.69) is 110 Å². The number of ether oxygens (including phenoxy) is 3. The van der Waals surface area contributed by atoms with E-state index >= 15 is 0 Å². The van der Waals surface area contributed by atoms with Gasteiger partial charge in [0.25, 0.3) is 0 Å². The summed E-state index contributed by atoms with van der Waals surface area (Å²) in [6, 6.07) is 42.1. The number of hydrogen-bond acceptors (Lipinski definition) is 4. The van der Waals surface area contributed by atoms with Crippen molar-refractivity contribution in [1.82, 2.24) is 0 Å². The van der Waals surface area contributed by atoms with Crippen LogP contribution < -0.4 is 4.74 Å². The molecule has 47 heavy (non-hydrogen) atoms. The molecule has 0 radical (unpaired) electrons. The van der Waals surface area contributed by atoms with Crippen LogP contribution in [0.4, 0.5) is 0 Å². The van der Waals surface area contributed by atoms with Gasteiger partial charge in [-0.1, -0.05) is 128 Å². The van der Waals surface area contributed by atoms with Gasteiger partial charge in [-0.05, 0) is 68.6 Å². The Kier molecular flexibility index (Phi) is 10.3. The molecule has 0 amide bonds. The first-order valence-electron chi connectivity index (χ1n) is 16.1. The van der Waals surface area contributed by atoms with Gasteiger partial charge in [0.1, 0.15) is 18.5 Å². The lowest BCUT2D eigenvalue weighted by Crippen LogP contribution is -2.24. The highest BCUT2D eigenvalue weighted by Crippen LogP contribution is 2.38. The molecule has 5 heteroatoms. The van der Waals surface area contributed by atoms with Crippen molar-refractivity contribution in [1.29, 1.82) is 0 Å². The van der Waals surface area contributed by atoms with E-state index in [1.165, 1.54) is 29.4 Å². The summed E-state index contributed by atoms with van der Waals surface area (Å²) < 4.78 is 17.7. The Hall–Kier alpha value is -4.97. The molecule has 1 N–H and O–H groups in total. The Morgan fingerprint density at radius 3 is 2.02 bits per heavy atom. The fourth-order valence-electron chi connectivity index (χ4n) is 6.19. The Morgan fingerprint density at radius 2 is 1.34 bits per heavy atom. The van der Waals surface area contributed by atoms with Gasteiger partial charge in [-0.15, -0.1) is 0 Å². The molecule has 1 aliphatic carbocycles. The van der Waals surface area contributed by atoms with Gasteiger partial charge in [0.05, 0.1) is 6.61 Å². The molecular formula is C42H40O5. The van der Waals surface area contributed by atoms with Gasteiger partial charge in [-0.25, -0.2) is 4.79 Å². The van der Waals surface area contributed by atoms with E-state index < -0.39 is 12.1 Å². The average Bonchev–Trinajstić information content (AvgIpc) is 3.26. The summed E-state index contributed by atoms with van der Waals surface area (Å²) in [4.78, 5) is 11.3. The van der Waals surface area contributed by atoms with Gasteiger partial charge in [0.2, 0.25) is 0 Å². The molecule has 0 saturated carbocycles. The van der Waals surface area contributed by atoms with Crippen LogP contribution in [0.5, 0.6) is 5.75 Å². The minimum absolute atomic E-state index is 0.255. The number of benzene rings is 5. The van der Waals surface area contributed by atoms with E-state index in [1.54, 1.807) is 0 Å². The standard InChI is InChI=1S/C42H40O5/c1-29(33-11-7-4-8-12-33)34-18-22-39-36(28-34)17-16-35-26-32(25-30-9-5-3-6-10-30)15-21-38(35)41(39)47-24-23-46-37-19-13-31(14-20-37)27-40(45-2)42(43)44/h3-22,26,28-29,40-41H,23-25,27H2,1-2H3,(H,43,44). The monoisotopic (exact) mass is 624 g/mol. The first kappa shape index (κ1) is 32.0. The number of hydrogen-bond donors (Lipinski definition) is 1. The number of fused-ring (bicyclic) bond motifs is 2. The third kappa shape index (κ3) is 7.89. The molecule has 0 spiro atoms. The molecule has 0 saturated heterocycles. The lowest BCUT2D eigenvalue weighted by atomic mass is 9.88. The van der Waals surface area contributed by atoms with Crippen molar-refractivity contribution in [2.45, 2.75) is 37.9 Å². The Labute approximate surface area is 277 Å². The topological polar surface area (TPSA) is 65.0 Å². The van der Waals surface area contributed by atoms with E-state index in [0.29, 0.717) is 25.4 Å². The molecular weight excluding hydrogens is 584 g/mol. The summed E-state index contributed by atoms with van der Waals surface area (Å²) >= 11 is 0. The number of carbonyl (C=O) groups is 1. The van der Waals surface area contributed by atoms with Gasteiger partial charge >= 0.3 is 5.97 Å². The number of rotatable bonds is 13. The van der Waals surface area contributed by atoms with Crippen LogP contribution in [0.15, 0.2) is 121 Å². The van der Waals surface area contributed by atoms with E-state index in [0.717, 1.165) is 34.2 Å². The summed E-state index contributed by atoms with van der Waals surface area (Å²) in [5.74, 6) is -0.00655. The number of aliphatic carboxylic acids is 1. The maximum Gasteiger partial charge on any atom is 0.333 e. The van der Waals surface area contributed by atoms with Gasteiger partial charge in [0, 0.05) is 19.4 Å². The van der Waals surface area contributed by atoms with Crippen molar-refractivity contribution >= 4 is 18.1 Å². The second-order valence-corrected chi connectivity index (χ2v) is 12.0. The molecule has 1 aliphatic rings. The first-order chi connectivity index (χ1) is 23.0.